The smallest absolute Gasteiger partial charge is 0.160 e. The van der Waals surface area contributed by atoms with Gasteiger partial charge in [0.25, 0.3) is 0 Å². The van der Waals surface area contributed by atoms with Crippen LogP contribution in [0, 0.1) is 6.92 Å². The third-order valence-electron chi connectivity index (χ3n) is 4.71. The van der Waals surface area contributed by atoms with Crippen LogP contribution in [0.2, 0.25) is 10.0 Å². The predicted molar refractivity (Wildman–Crippen MR) is 112 cm³/mol. The Bertz CT molecular complexity index is 1030. The summed E-state index contributed by atoms with van der Waals surface area (Å²) in [6.07, 6.45) is 0.109. The van der Waals surface area contributed by atoms with Gasteiger partial charge in [-0.3, -0.25) is 0 Å². The Hall–Kier alpha value is -1.66. The highest BCUT2D eigenvalue weighted by Crippen LogP contribution is 2.37. The lowest BCUT2D eigenvalue weighted by molar-refractivity contribution is 0.165. The molecule has 3 aromatic rings. The number of hydrogen-bond donors (Lipinski definition) is 2. The zero-order valence-corrected chi connectivity index (χ0v) is 17.5. The predicted octanol–water partition coefficient (Wildman–Crippen LogP) is 5.59. The number of hydrogen-bond acceptors (Lipinski definition) is 4. The molecule has 1 heterocycles. The van der Waals surface area contributed by atoms with Gasteiger partial charge in [0.05, 0.1) is 28.6 Å². The molecule has 0 saturated heterocycles. The Morgan fingerprint density at radius 2 is 1.93 bits per heavy atom. The molecule has 0 amide bonds. The van der Waals surface area contributed by atoms with E-state index in [1.54, 1.807) is 12.1 Å². The second kappa shape index (κ2) is 7.40. The standard InChI is InChI=1S/C20H16BrCl2N3O/c1-10-17(14-7-6-12(22)9-15(14)23)25-19(21)20(24-10)26-18-13-5-3-2-4-11(13)8-16(18)27/h2-7,9,16,18,27H,8H2,1H3,(H,24,26). The molecule has 2 atom stereocenters. The van der Waals surface area contributed by atoms with Gasteiger partial charge in [-0.15, -0.1) is 0 Å². The summed E-state index contributed by atoms with van der Waals surface area (Å²) < 4.78 is 0.561. The number of aromatic nitrogens is 2. The number of nitrogens with one attached hydrogen (secondary N) is 1. The van der Waals surface area contributed by atoms with E-state index in [4.69, 9.17) is 23.2 Å². The molecular formula is C20H16BrCl2N3O. The number of aryl methyl sites for hydroxylation is 1. The van der Waals surface area contributed by atoms with E-state index in [-0.39, 0.29) is 6.04 Å². The Balaban J connectivity index is 1.69. The van der Waals surface area contributed by atoms with Crippen molar-refractivity contribution in [2.75, 3.05) is 5.32 Å². The molecule has 2 N–H and O–H groups in total. The van der Waals surface area contributed by atoms with E-state index in [0.717, 1.165) is 22.4 Å². The first kappa shape index (κ1) is 18.7. The summed E-state index contributed by atoms with van der Waals surface area (Å²) in [4.78, 5) is 9.30. The van der Waals surface area contributed by atoms with Crippen LogP contribution in [0.4, 0.5) is 5.82 Å². The first-order valence-electron chi connectivity index (χ1n) is 8.46. The van der Waals surface area contributed by atoms with Crippen molar-refractivity contribution < 1.29 is 5.11 Å². The van der Waals surface area contributed by atoms with Crippen LogP contribution in [0.15, 0.2) is 47.1 Å². The molecule has 0 radical (unpaired) electrons. The molecule has 2 unspecified atom stereocenters. The lowest BCUT2D eigenvalue weighted by Crippen LogP contribution is -2.22. The van der Waals surface area contributed by atoms with Gasteiger partial charge in [0, 0.05) is 17.0 Å². The van der Waals surface area contributed by atoms with Gasteiger partial charge in [-0.25, -0.2) is 9.97 Å². The fourth-order valence-corrected chi connectivity index (χ4v) is 4.30. The fourth-order valence-electron chi connectivity index (χ4n) is 3.42. The van der Waals surface area contributed by atoms with Gasteiger partial charge in [-0.2, -0.15) is 0 Å². The van der Waals surface area contributed by atoms with E-state index in [9.17, 15) is 5.11 Å². The molecule has 0 saturated carbocycles. The second-order valence-electron chi connectivity index (χ2n) is 6.51. The average molecular weight is 465 g/mol. The summed E-state index contributed by atoms with van der Waals surface area (Å²) in [5.74, 6) is 0.585. The van der Waals surface area contributed by atoms with E-state index >= 15 is 0 Å². The Labute approximate surface area is 175 Å². The maximum Gasteiger partial charge on any atom is 0.160 e. The summed E-state index contributed by atoms with van der Waals surface area (Å²) >= 11 is 15.8. The van der Waals surface area contributed by atoms with Crippen LogP contribution in [-0.2, 0) is 6.42 Å². The minimum absolute atomic E-state index is 0.226. The molecule has 1 aliphatic rings. The first-order valence-corrected chi connectivity index (χ1v) is 10.0. The van der Waals surface area contributed by atoms with Crippen molar-refractivity contribution in [2.24, 2.45) is 0 Å². The number of fused-ring (bicyclic) bond motifs is 1. The number of nitrogens with zero attached hydrogens (tertiary/aromatic N) is 2. The monoisotopic (exact) mass is 463 g/mol. The maximum atomic E-state index is 10.5. The van der Waals surface area contributed by atoms with Crippen LogP contribution in [-0.4, -0.2) is 21.2 Å². The quantitative estimate of drug-likeness (QED) is 0.530. The van der Waals surface area contributed by atoms with Gasteiger partial charge in [0.2, 0.25) is 0 Å². The second-order valence-corrected chi connectivity index (χ2v) is 8.11. The van der Waals surface area contributed by atoms with Crippen molar-refractivity contribution in [1.29, 1.82) is 0 Å². The highest BCUT2D eigenvalue weighted by molar-refractivity contribution is 9.10. The molecule has 2 aromatic carbocycles. The molecular weight excluding hydrogens is 449 g/mol. The molecule has 0 spiro atoms. The van der Waals surface area contributed by atoms with Gasteiger partial charge < -0.3 is 10.4 Å². The van der Waals surface area contributed by atoms with Crippen molar-refractivity contribution in [3.05, 3.63) is 73.9 Å². The summed E-state index contributed by atoms with van der Waals surface area (Å²) in [7, 11) is 0. The van der Waals surface area contributed by atoms with Crippen molar-refractivity contribution in [3.63, 3.8) is 0 Å². The minimum Gasteiger partial charge on any atom is -0.390 e. The normalized spacial score (nSPS) is 18.4. The van der Waals surface area contributed by atoms with Gasteiger partial charge in [-0.1, -0.05) is 47.5 Å². The number of anilines is 1. The highest BCUT2D eigenvalue weighted by atomic mass is 79.9. The summed E-state index contributed by atoms with van der Waals surface area (Å²) in [5.41, 5.74) is 4.41. The number of halogens is 3. The van der Waals surface area contributed by atoms with Gasteiger partial charge >= 0.3 is 0 Å². The Kier molecular flexibility index (Phi) is 5.12. The minimum atomic E-state index is -0.512. The van der Waals surface area contributed by atoms with E-state index < -0.39 is 6.10 Å². The molecule has 4 nitrogen and oxygen atoms in total. The van der Waals surface area contributed by atoms with Crippen LogP contribution >= 0.6 is 39.1 Å². The van der Waals surface area contributed by atoms with Crippen LogP contribution in [0.5, 0.6) is 0 Å². The number of aliphatic hydroxyl groups is 1. The molecule has 1 aromatic heterocycles. The lowest BCUT2D eigenvalue weighted by Gasteiger charge is -2.20. The largest absolute Gasteiger partial charge is 0.390 e. The Morgan fingerprint density at radius 1 is 1.15 bits per heavy atom. The zero-order chi connectivity index (χ0) is 19.1. The first-order chi connectivity index (χ1) is 12.9. The summed E-state index contributed by atoms with van der Waals surface area (Å²) in [5, 5.41) is 14.9. The summed E-state index contributed by atoms with van der Waals surface area (Å²) in [6.45, 7) is 1.88. The van der Waals surface area contributed by atoms with Crippen molar-refractivity contribution >= 4 is 44.9 Å². The topological polar surface area (TPSA) is 58.0 Å². The van der Waals surface area contributed by atoms with E-state index in [1.165, 1.54) is 0 Å². The maximum absolute atomic E-state index is 10.5. The van der Waals surface area contributed by atoms with Crippen molar-refractivity contribution in [3.8, 4) is 11.3 Å². The Morgan fingerprint density at radius 3 is 2.70 bits per heavy atom. The van der Waals surface area contributed by atoms with Crippen LogP contribution in [0.1, 0.15) is 22.9 Å². The van der Waals surface area contributed by atoms with E-state index in [0.29, 0.717) is 32.6 Å². The average Bonchev–Trinajstić information content (AvgIpc) is 2.94. The van der Waals surface area contributed by atoms with Crippen LogP contribution in [0.3, 0.4) is 0 Å². The van der Waals surface area contributed by atoms with E-state index in [2.05, 4.69) is 31.2 Å². The molecule has 27 heavy (non-hydrogen) atoms. The fraction of sp³-hybridized carbons (Fsp3) is 0.200. The van der Waals surface area contributed by atoms with Crippen molar-refractivity contribution in [2.45, 2.75) is 25.5 Å². The molecule has 4 rings (SSSR count). The lowest BCUT2D eigenvalue weighted by atomic mass is 10.1. The molecule has 0 bridgehead atoms. The molecule has 0 aliphatic heterocycles. The van der Waals surface area contributed by atoms with Gasteiger partial charge in [-0.05, 0) is 52.2 Å². The molecule has 0 fully saturated rings. The third kappa shape index (κ3) is 3.57. The number of benzene rings is 2. The number of rotatable bonds is 3. The highest BCUT2D eigenvalue weighted by Gasteiger charge is 2.31. The third-order valence-corrected chi connectivity index (χ3v) is 5.81. The SMILES string of the molecule is Cc1nc(NC2c3ccccc3CC2O)c(Br)nc1-c1ccc(Cl)cc1Cl. The molecule has 1 aliphatic carbocycles. The van der Waals surface area contributed by atoms with E-state index in [1.807, 2.05) is 37.3 Å². The van der Waals surface area contributed by atoms with Crippen LogP contribution < -0.4 is 5.32 Å². The molecule has 138 valence electrons. The number of aliphatic hydroxyl groups excluding tert-OH is 1. The van der Waals surface area contributed by atoms with Crippen LogP contribution in [0.25, 0.3) is 11.3 Å². The molecule has 7 heteroatoms. The van der Waals surface area contributed by atoms with Gasteiger partial charge in [0.1, 0.15) is 4.60 Å². The zero-order valence-electron chi connectivity index (χ0n) is 14.4. The van der Waals surface area contributed by atoms with Gasteiger partial charge in [0.15, 0.2) is 5.82 Å². The summed E-state index contributed by atoms with van der Waals surface area (Å²) in [6, 6.07) is 13.1. The van der Waals surface area contributed by atoms with Crippen molar-refractivity contribution in [1.82, 2.24) is 9.97 Å².